The summed E-state index contributed by atoms with van der Waals surface area (Å²) in [5, 5.41) is 11.8. The summed E-state index contributed by atoms with van der Waals surface area (Å²) in [7, 11) is 0. The Hall–Kier alpha value is -2.35. The molecule has 2 amide bonds. The van der Waals surface area contributed by atoms with E-state index >= 15 is 0 Å². The van der Waals surface area contributed by atoms with Crippen molar-refractivity contribution >= 4 is 11.7 Å². The summed E-state index contributed by atoms with van der Waals surface area (Å²) in [5.41, 5.74) is 3.61. The Morgan fingerprint density at radius 1 is 1.36 bits per heavy atom. The number of carbonyl (C=O) groups excluding carboxylic acids is 1. The molecular formula is C17H26N6O2. The monoisotopic (exact) mass is 346 g/mol. The van der Waals surface area contributed by atoms with Crippen molar-refractivity contribution in [2.24, 2.45) is 0 Å². The van der Waals surface area contributed by atoms with Gasteiger partial charge in [-0.2, -0.15) is 10.2 Å². The molecule has 1 aliphatic heterocycles. The van der Waals surface area contributed by atoms with Crippen molar-refractivity contribution in [1.82, 2.24) is 24.5 Å². The largest absolute Gasteiger partial charge is 0.370 e. The number of morpholine rings is 1. The van der Waals surface area contributed by atoms with Crippen molar-refractivity contribution in [2.45, 2.75) is 46.9 Å². The molecule has 0 spiro atoms. The summed E-state index contributed by atoms with van der Waals surface area (Å²) in [6, 6.07) is -0.113. The van der Waals surface area contributed by atoms with Crippen molar-refractivity contribution in [3.8, 4) is 0 Å². The number of ether oxygens (including phenoxy) is 1. The van der Waals surface area contributed by atoms with Crippen LogP contribution in [-0.4, -0.2) is 50.2 Å². The molecule has 0 unspecified atom stereocenters. The van der Waals surface area contributed by atoms with E-state index in [1.165, 1.54) is 0 Å². The quantitative estimate of drug-likeness (QED) is 0.922. The van der Waals surface area contributed by atoms with Crippen LogP contribution in [0, 0.1) is 13.8 Å². The van der Waals surface area contributed by atoms with E-state index in [0.717, 1.165) is 35.7 Å². The first kappa shape index (κ1) is 17.5. The van der Waals surface area contributed by atoms with Gasteiger partial charge in [0, 0.05) is 31.4 Å². The summed E-state index contributed by atoms with van der Waals surface area (Å²) in [5.74, 6) is 0. The molecule has 3 rings (SSSR count). The lowest BCUT2D eigenvalue weighted by molar-refractivity contribution is -0.0135. The number of rotatable bonds is 4. The molecule has 0 aromatic carbocycles. The predicted octanol–water partition coefficient (Wildman–Crippen LogP) is 2.34. The minimum Gasteiger partial charge on any atom is -0.370 e. The standard InChI is InChI=1S/C17H26N6O2/c1-5-22-10-14(9-18-22)15-11-21(7-8-25-15)17(24)19-16-12(3)20-23(6-2)13(16)4/h9-10,15H,5-8,11H2,1-4H3,(H,19,24)/t15-/m0/s1. The Morgan fingerprint density at radius 3 is 2.80 bits per heavy atom. The fourth-order valence-corrected chi connectivity index (χ4v) is 3.13. The molecule has 8 nitrogen and oxygen atoms in total. The molecule has 1 fully saturated rings. The lowest BCUT2D eigenvalue weighted by Crippen LogP contribution is -2.44. The van der Waals surface area contributed by atoms with Gasteiger partial charge in [0.05, 0.1) is 36.4 Å². The fourth-order valence-electron chi connectivity index (χ4n) is 3.13. The van der Waals surface area contributed by atoms with Gasteiger partial charge in [-0.05, 0) is 27.7 Å². The molecule has 1 N–H and O–H groups in total. The van der Waals surface area contributed by atoms with Gasteiger partial charge in [0.25, 0.3) is 0 Å². The van der Waals surface area contributed by atoms with Crippen LogP contribution in [0.1, 0.15) is 36.9 Å². The number of carbonyl (C=O) groups is 1. The zero-order valence-electron chi connectivity index (χ0n) is 15.3. The number of aromatic nitrogens is 4. The third-order valence-corrected chi connectivity index (χ3v) is 4.62. The molecule has 1 aliphatic rings. The highest BCUT2D eigenvalue weighted by Crippen LogP contribution is 2.24. The lowest BCUT2D eigenvalue weighted by Gasteiger charge is -2.32. The van der Waals surface area contributed by atoms with E-state index in [2.05, 4.69) is 15.5 Å². The van der Waals surface area contributed by atoms with Crippen LogP contribution in [0.15, 0.2) is 12.4 Å². The maximum Gasteiger partial charge on any atom is 0.322 e. The first-order chi connectivity index (χ1) is 12.0. The number of hydrogen-bond donors (Lipinski definition) is 1. The highest BCUT2D eigenvalue weighted by atomic mass is 16.5. The Balaban J connectivity index is 1.69. The molecule has 0 aliphatic carbocycles. The summed E-state index contributed by atoms with van der Waals surface area (Å²) in [6.07, 6.45) is 3.65. The molecule has 1 atom stereocenters. The second-order valence-electron chi connectivity index (χ2n) is 6.23. The Morgan fingerprint density at radius 2 is 2.16 bits per heavy atom. The Bertz CT molecular complexity index is 750. The smallest absolute Gasteiger partial charge is 0.322 e. The van der Waals surface area contributed by atoms with E-state index in [9.17, 15) is 4.79 Å². The normalized spacial score (nSPS) is 17.8. The maximum atomic E-state index is 12.7. The zero-order valence-corrected chi connectivity index (χ0v) is 15.3. The van der Waals surface area contributed by atoms with Crippen LogP contribution in [0.2, 0.25) is 0 Å². The van der Waals surface area contributed by atoms with E-state index in [1.54, 1.807) is 4.90 Å². The average molecular weight is 346 g/mol. The van der Waals surface area contributed by atoms with Crippen LogP contribution in [0.3, 0.4) is 0 Å². The summed E-state index contributed by atoms with van der Waals surface area (Å²) in [4.78, 5) is 14.5. The molecule has 3 heterocycles. The molecular weight excluding hydrogens is 320 g/mol. The number of urea groups is 1. The van der Waals surface area contributed by atoms with Crippen LogP contribution in [-0.2, 0) is 17.8 Å². The minimum atomic E-state index is -0.139. The number of aryl methyl sites for hydroxylation is 3. The van der Waals surface area contributed by atoms with E-state index in [4.69, 9.17) is 4.74 Å². The van der Waals surface area contributed by atoms with E-state index in [0.29, 0.717) is 19.7 Å². The molecule has 2 aromatic rings. The Labute approximate surface area is 147 Å². The van der Waals surface area contributed by atoms with Gasteiger partial charge >= 0.3 is 6.03 Å². The second kappa shape index (κ2) is 7.26. The van der Waals surface area contributed by atoms with Crippen molar-refractivity contribution in [3.63, 3.8) is 0 Å². The summed E-state index contributed by atoms with van der Waals surface area (Å²) >= 11 is 0. The van der Waals surface area contributed by atoms with Crippen LogP contribution in [0.25, 0.3) is 0 Å². The van der Waals surface area contributed by atoms with Crippen molar-refractivity contribution < 1.29 is 9.53 Å². The number of nitrogens with zero attached hydrogens (tertiary/aromatic N) is 5. The van der Waals surface area contributed by atoms with Crippen LogP contribution < -0.4 is 5.32 Å². The lowest BCUT2D eigenvalue weighted by atomic mass is 10.1. The molecule has 0 bridgehead atoms. The summed E-state index contributed by atoms with van der Waals surface area (Å²) < 4.78 is 9.59. The van der Waals surface area contributed by atoms with Gasteiger partial charge in [-0.15, -0.1) is 0 Å². The van der Waals surface area contributed by atoms with Crippen LogP contribution in [0.4, 0.5) is 10.5 Å². The number of hydrogen-bond acceptors (Lipinski definition) is 4. The SMILES string of the molecule is CCn1cc([C@@H]2CN(C(=O)Nc3c(C)nn(CC)c3C)CCO2)cn1. The van der Waals surface area contributed by atoms with Crippen molar-refractivity contribution in [3.05, 3.63) is 29.3 Å². The topological polar surface area (TPSA) is 77.2 Å². The number of nitrogens with one attached hydrogen (secondary N) is 1. The van der Waals surface area contributed by atoms with Gasteiger partial charge in [-0.25, -0.2) is 4.79 Å². The predicted molar refractivity (Wildman–Crippen MR) is 94.6 cm³/mol. The maximum absolute atomic E-state index is 12.7. The first-order valence-electron chi connectivity index (χ1n) is 8.77. The van der Waals surface area contributed by atoms with E-state index < -0.39 is 0 Å². The average Bonchev–Trinajstić information content (AvgIpc) is 3.21. The fraction of sp³-hybridized carbons (Fsp3) is 0.588. The third kappa shape index (κ3) is 3.53. The number of anilines is 1. The Kier molecular flexibility index (Phi) is 5.08. The van der Waals surface area contributed by atoms with Crippen molar-refractivity contribution in [1.29, 1.82) is 0 Å². The van der Waals surface area contributed by atoms with Crippen LogP contribution >= 0.6 is 0 Å². The second-order valence-corrected chi connectivity index (χ2v) is 6.23. The molecule has 8 heteroatoms. The van der Waals surface area contributed by atoms with Gasteiger partial charge in [-0.3, -0.25) is 9.36 Å². The minimum absolute atomic E-state index is 0.113. The third-order valence-electron chi connectivity index (χ3n) is 4.62. The molecule has 25 heavy (non-hydrogen) atoms. The van der Waals surface area contributed by atoms with Gasteiger partial charge in [0.1, 0.15) is 6.10 Å². The van der Waals surface area contributed by atoms with Gasteiger partial charge < -0.3 is 15.0 Å². The highest BCUT2D eigenvalue weighted by molar-refractivity contribution is 5.90. The van der Waals surface area contributed by atoms with E-state index in [1.807, 2.05) is 49.5 Å². The molecule has 0 radical (unpaired) electrons. The summed E-state index contributed by atoms with van der Waals surface area (Å²) in [6.45, 7) is 11.2. The molecule has 136 valence electrons. The van der Waals surface area contributed by atoms with Crippen LogP contribution in [0.5, 0.6) is 0 Å². The van der Waals surface area contributed by atoms with Crippen molar-refractivity contribution in [2.75, 3.05) is 25.0 Å². The van der Waals surface area contributed by atoms with Gasteiger partial charge in [-0.1, -0.05) is 0 Å². The number of amides is 2. The highest BCUT2D eigenvalue weighted by Gasteiger charge is 2.27. The zero-order chi connectivity index (χ0) is 18.0. The van der Waals surface area contributed by atoms with Gasteiger partial charge in [0.2, 0.25) is 0 Å². The van der Waals surface area contributed by atoms with Gasteiger partial charge in [0.15, 0.2) is 0 Å². The molecule has 1 saturated heterocycles. The molecule has 0 saturated carbocycles. The molecule has 2 aromatic heterocycles. The van der Waals surface area contributed by atoms with E-state index in [-0.39, 0.29) is 12.1 Å². The first-order valence-corrected chi connectivity index (χ1v) is 8.77.